The molecule has 0 amide bonds. The van der Waals surface area contributed by atoms with Gasteiger partial charge >= 0.3 is 0 Å². The van der Waals surface area contributed by atoms with Crippen LogP contribution in [0.2, 0.25) is 0 Å². The van der Waals surface area contributed by atoms with Crippen LogP contribution in [0.1, 0.15) is 30.7 Å². The Labute approximate surface area is 96.5 Å². The van der Waals surface area contributed by atoms with E-state index < -0.39 is 0 Å². The molecule has 0 radical (unpaired) electrons. The van der Waals surface area contributed by atoms with Crippen LogP contribution in [0.15, 0.2) is 16.0 Å². The van der Waals surface area contributed by atoms with Gasteiger partial charge in [-0.15, -0.1) is 11.3 Å². The van der Waals surface area contributed by atoms with Crippen molar-refractivity contribution >= 4 is 11.3 Å². The van der Waals surface area contributed by atoms with E-state index in [1.807, 2.05) is 5.38 Å². The number of hydrogen-bond donors (Lipinski definition) is 0. The molecule has 2 aromatic heterocycles. The van der Waals surface area contributed by atoms with E-state index in [0.29, 0.717) is 23.3 Å². The SMILES string of the molecule is CC1CC1c1noc(-c2sccc2C#N)n1. The zero-order chi connectivity index (χ0) is 11.1. The van der Waals surface area contributed by atoms with Crippen molar-refractivity contribution in [2.75, 3.05) is 0 Å². The van der Waals surface area contributed by atoms with Crippen LogP contribution in [-0.2, 0) is 0 Å². The molecule has 0 aromatic carbocycles. The first-order chi connectivity index (χ1) is 7.79. The summed E-state index contributed by atoms with van der Waals surface area (Å²) in [6.07, 6.45) is 1.13. The summed E-state index contributed by atoms with van der Waals surface area (Å²) in [5, 5.41) is 14.7. The quantitative estimate of drug-likeness (QED) is 0.797. The van der Waals surface area contributed by atoms with E-state index >= 15 is 0 Å². The summed E-state index contributed by atoms with van der Waals surface area (Å²) in [6, 6.07) is 3.89. The van der Waals surface area contributed by atoms with Crippen LogP contribution in [-0.4, -0.2) is 10.1 Å². The Kier molecular flexibility index (Phi) is 2.04. The van der Waals surface area contributed by atoms with Gasteiger partial charge in [-0.1, -0.05) is 12.1 Å². The van der Waals surface area contributed by atoms with Crippen LogP contribution in [0.5, 0.6) is 0 Å². The highest BCUT2D eigenvalue weighted by molar-refractivity contribution is 7.13. The molecule has 16 heavy (non-hydrogen) atoms. The van der Waals surface area contributed by atoms with Crippen LogP contribution in [0.25, 0.3) is 10.8 Å². The number of nitrogens with zero attached hydrogens (tertiary/aromatic N) is 3. The maximum absolute atomic E-state index is 8.91. The average Bonchev–Trinajstić information content (AvgIpc) is 2.78. The van der Waals surface area contributed by atoms with Gasteiger partial charge in [-0.3, -0.25) is 0 Å². The normalized spacial score (nSPS) is 23.0. The van der Waals surface area contributed by atoms with Crippen molar-refractivity contribution in [2.45, 2.75) is 19.3 Å². The second-order valence-corrected chi connectivity index (χ2v) is 4.97. The van der Waals surface area contributed by atoms with Gasteiger partial charge in [0.15, 0.2) is 5.82 Å². The molecule has 0 N–H and O–H groups in total. The lowest BCUT2D eigenvalue weighted by molar-refractivity contribution is 0.422. The Balaban J connectivity index is 1.96. The minimum absolute atomic E-state index is 0.447. The van der Waals surface area contributed by atoms with Gasteiger partial charge in [-0.2, -0.15) is 10.2 Å². The Bertz CT molecular complexity index is 566. The molecule has 0 bridgehead atoms. The van der Waals surface area contributed by atoms with Gasteiger partial charge in [-0.05, 0) is 23.8 Å². The summed E-state index contributed by atoms with van der Waals surface area (Å²) in [5.74, 6) is 2.35. The lowest BCUT2D eigenvalue weighted by Gasteiger charge is -1.87. The van der Waals surface area contributed by atoms with Gasteiger partial charge in [0.25, 0.3) is 5.89 Å². The van der Waals surface area contributed by atoms with Gasteiger partial charge in [0.05, 0.1) is 5.56 Å². The third kappa shape index (κ3) is 1.42. The van der Waals surface area contributed by atoms with Crippen LogP contribution in [0, 0.1) is 17.2 Å². The summed E-state index contributed by atoms with van der Waals surface area (Å²) in [6.45, 7) is 2.17. The van der Waals surface area contributed by atoms with Crippen molar-refractivity contribution < 1.29 is 4.52 Å². The van der Waals surface area contributed by atoms with Crippen LogP contribution < -0.4 is 0 Å². The Hall–Kier alpha value is -1.67. The molecule has 2 atom stereocenters. The Morgan fingerprint density at radius 2 is 2.44 bits per heavy atom. The molecule has 2 aromatic rings. The monoisotopic (exact) mass is 231 g/mol. The second-order valence-electron chi connectivity index (χ2n) is 4.05. The summed E-state index contributed by atoms with van der Waals surface area (Å²) in [5.41, 5.74) is 0.601. The number of thiophene rings is 1. The molecule has 0 saturated heterocycles. The number of nitriles is 1. The van der Waals surface area contributed by atoms with Crippen molar-refractivity contribution in [3.63, 3.8) is 0 Å². The molecule has 5 heteroatoms. The van der Waals surface area contributed by atoms with E-state index in [0.717, 1.165) is 17.1 Å². The number of hydrogen-bond acceptors (Lipinski definition) is 5. The largest absolute Gasteiger partial charge is 0.333 e. The first kappa shape index (κ1) is 9.55. The fraction of sp³-hybridized carbons (Fsp3) is 0.364. The van der Waals surface area contributed by atoms with Crippen molar-refractivity contribution in [1.29, 1.82) is 5.26 Å². The van der Waals surface area contributed by atoms with Gasteiger partial charge in [0, 0.05) is 5.92 Å². The minimum Gasteiger partial charge on any atom is -0.333 e. The second kappa shape index (κ2) is 3.42. The minimum atomic E-state index is 0.447. The van der Waals surface area contributed by atoms with Gasteiger partial charge in [-0.25, -0.2) is 0 Å². The Morgan fingerprint density at radius 3 is 3.12 bits per heavy atom. The van der Waals surface area contributed by atoms with Crippen LogP contribution >= 0.6 is 11.3 Å². The standard InChI is InChI=1S/C11H9N3OS/c1-6-4-8(6)10-13-11(15-14-10)9-7(5-12)2-3-16-9/h2-3,6,8H,4H2,1H3. The summed E-state index contributed by atoms with van der Waals surface area (Å²) in [4.78, 5) is 5.13. The summed E-state index contributed by atoms with van der Waals surface area (Å²) < 4.78 is 5.20. The van der Waals surface area contributed by atoms with Crippen molar-refractivity contribution in [3.8, 4) is 16.8 Å². The molecule has 0 aliphatic heterocycles. The zero-order valence-corrected chi connectivity index (χ0v) is 9.49. The van der Waals surface area contributed by atoms with E-state index in [4.69, 9.17) is 9.78 Å². The highest BCUT2D eigenvalue weighted by atomic mass is 32.1. The van der Waals surface area contributed by atoms with E-state index in [9.17, 15) is 0 Å². The highest BCUT2D eigenvalue weighted by Gasteiger charge is 2.38. The van der Waals surface area contributed by atoms with Gasteiger partial charge < -0.3 is 4.52 Å². The first-order valence-corrected chi connectivity index (χ1v) is 5.99. The average molecular weight is 231 g/mol. The van der Waals surface area contributed by atoms with Crippen molar-refractivity contribution in [2.24, 2.45) is 5.92 Å². The third-order valence-corrected chi connectivity index (χ3v) is 3.77. The fourth-order valence-electron chi connectivity index (χ4n) is 1.72. The number of rotatable bonds is 2. The molecule has 1 saturated carbocycles. The predicted octanol–water partition coefficient (Wildman–Crippen LogP) is 2.79. The third-order valence-electron chi connectivity index (χ3n) is 2.86. The lowest BCUT2D eigenvalue weighted by Crippen LogP contribution is -1.84. The van der Waals surface area contributed by atoms with E-state index in [1.54, 1.807) is 6.07 Å². The molecule has 3 rings (SSSR count). The highest BCUT2D eigenvalue weighted by Crippen LogP contribution is 2.46. The molecule has 2 unspecified atom stereocenters. The Morgan fingerprint density at radius 1 is 1.62 bits per heavy atom. The summed E-state index contributed by atoms with van der Waals surface area (Å²) in [7, 11) is 0. The smallest absolute Gasteiger partial charge is 0.269 e. The van der Waals surface area contributed by atoms with E-state index in [-0.39, 0.29) is 0 Å². The lowest BCUT2D eigenvalue weighted by atomic mass is 10.3. The van der Waals surface area contributed by atoms with Gasteiger partial charge in [0.1, 0.15) is 10.9 Å². The first-order valence-electron chi connectivity index (χ1n) is 5.11. The molecule has 1 aliphatic carbocycles. The molecule has 4 nitrogen and oxygen atoms in total. The zero-order valence-electron chi connectivity index (χ0n) is 8.67. The topological polar surface area (TPSA) is 62.7 Å². The molecule has 0 spiro atoms. The van der Waals surface area contributed by atoms with E-state index in [1.165, 1.54) is 11.3 Å². The van der Waals surface area contributed by atoms with E-state index in [2.05, 4.69) is 23.1 Å². The van der Waals surface area contributed by atoms with Gasteiger partial charge in [0.2, 0.25) is 0 Å². The molecular weight excluding hydrogens is 222 g/mol. The molecular formula is C11H9N3OS. The molecule has 2 heterocycles. The fourth-order valence-corrected chi connectivity index (χ4v) is 2.49. The van der Waals surface area contributed by atoms with Crippen LogP contribution in [0.4, 0.5) is 0 Å². The van der Waals surface area contributed by atoms with Crippen LogP contribution in [0.3, 0.4) is 0 Å². The maximum atomic E-state index is 8.91. The maximum Gasteiger partial charge on any atom is 0.269 e. The van der Waals surface area contributed by atoms with Crippen molar-refractivity contribution in [3.05, 3.63) is 22.8 Å². The molecule has 80 valence electrons. The predicted molar refractivity (Wildman–Crippen MR) is 58.8 cm³/mol. The molecule has 1 fully saturated rings. The number of aromatic nitrogens is 2. The van der Waals surface area contributed by atoms with Crippen molar-refractivity contribution in [1.82, 2.24) is 10.1 Å². The summed E-state index contributed by atoms with van der Waals surface area (Å²) >= 11 is 1.45. The molecule has 1 aliphatic rings.